The SMILES string of the molecule is CC1(C)CC(=O)N([C@@H]2CC(C)(C)Oc3ccc(C(=O)N[C@H]4c5cc(F)ccc5OC(C)(CCC5(C)C[C@@H](N6C(=O)CC(C)(C)N=C6N)c6cc(C(=O)N[C@@H]7c8cc(F)ccc8OC(C)(C)[C@H]7O)ccc6O5)[C@@H]4O)cc32)C(N)=N1. The van der Waals surface area contributed by atoms with Gasteiger partial charge in [0.15, 0.2) is 11.9 Å². The molecule has 8 N–H and O–H groups in total. The smallest absolute Gasteiger partial charge is 0.251 e. The summed E-state index contributed by atoms with van der Waals surface area (Å²) in [6.45, 7) is 18.0. The van der Waals surface area contributed by atoms with E-state index in [0.717, 1.165) is 0 Å². The zero-order valence-corrected chi connectivity index (χ0v) is 45.5. The van der Waals surface area contributed by atoms with E-state index in [1.54, 1.807) is 71.0 Å². The monoisotopic (exact) mass is 1070 g/mol. The van der Waals surface area contributed by atoms with Gasteiger partial charge in [-0.05, 0) is 155 Å². The lowest BCUT2D eigenvalue weighted by molar-refractivity contribution is -0.133. The fraction of sp³-hybridized carbons (Fsp3) is 0.483. The van der Waals surface area contributed by atoms with E-state index in [4.69, 9.17) is 30.4 Å². The predicted octanol–water partition coefficient (Wildman–Crippen LogP) is 7.27. The van der Waals surface area contributed by atoms with Gasteiger partial charge in [0, 0.05) is 46.2 Å². The van der Waals surface area contributed by atoms with Gasteiger partial charge in [-0.3, -0.25) is 29.0 Å². The molecule has 20 heteroatoms. The average molecular weight is 1080 g/mol. The first kappa shape index (κ1) is 54.1. The summed E-state index contributed by atoms with van der Waals surface area (Å²) in [5.41, 5.74) is 9.05. The highest BCUT2D eigenvalue weighted by molar-refractivity contribution is 6.01. The van der Waals surface area contributed by atoms with Crippen molar-refractivity contribution in [1.82, 2.24) is 20.4 Å². The minimum Gasteiger partial charge on any atom is -0.487 e. The normalized spacial score (nSPS) is 29.1. The first-order valence-corrected chi connectivity index (χ1v) is 26.3. The fourth-order valence-electron chi connectivity index (χ4n) is 12.0. The van der Waals surface area contributed by atoms with E-state index >= 15 is 4.39 Å². The van der Waals surface area contributed by atoms with E-state index in [1.165, 1.54) is 46.2 Å². The van der Waals surface area contributed by atoms with E-state index in [0.29, 0.717) is 34.8 Å². The van der Waals surface area contributed by atoms with Crippen LogP contribution in [0.25, 0.3) is 0 Å². The molecule has 0 spiro atoms. The standard InChI is InChI=1S/C58H68F2N8O10/c1-53(2)27-43(69)67(51(61)65-53)37-25-55(5,6)75-39-15-11-29(21-33(37)39)50(74)64-46-36-24-32(60)14-18-42(36)78-58(10,48(46)72)20-19-57(9)26-38(68-44(70)28-54(3,4)66-52(68)62)34-22-30(12-16-40(34)77-57)49(73)63-45-35-23-31(59)13-17-41(35)76-56(7,8)47(45)71/h11-18,21-24,37-38,45-48,71-72H,19-20,25-28H2,1-10H3,(H2,61,65)(H2,62,66)(H,63,73)(H,64,74)/t37-,38-,45-,46+,47+,48-,57?,58?/m1/s1. The van der Waals surface area contributed by atoms with Crippen molar-refractivity contribution in [2.75, 3.05) is 0 Å². The third-order valence-corrected chi connectivity index (χ3v) is 16.0. The number of carbonyl (C=O) groups excluding carboxylic acids is 4. The lowest BCUT2D eigenvalue weighted by atomic mass is 9.77. The van der Waals surface area contributed by atoms with Gasteiger partial charge >= 0.3 is 0 Å². The third kappa shape index (κ3) is 9.96. The quantitative estimate of drug-likeness (QED) is 0.0969. The summed E-state index contributed by atoms with van der Waals surface area (Å²) in [5, 5.41) is 29.8. The molecule has 0 saturated heterocycles. The Hall–Kier alpha value is -7.32. The number of ether oxygens (including phenoxy) is 4. The average Bonchev–Trinajstić information content (AvgIpc) is 3.51. The molecule has 6 aliphatic heterocycles. The van der Waals surface area contributed by atoms with Crippen LogP contribution in [0, 0.1) is 11.6 Å². The van der Waals surface area contributed by atoms with Crippen molar-refractivity contribution in [3.8, 4) is 23.0 Å². The molecule has 8 atom stereocenters. The summed E-state index contributed by atoms with van der Waals surface area (Å²) in [7, 11) is 0. The number of hydrogen-bond donors (Lipinski definition) is 6. The molecular formula is C58H68F2N8O10. The van der Waals surface area contributed by atoms with Crippen molar-refractivity contribution in [3.05, 3.63) is 118 Å². The molecule has 4 amide bonds. The molecule has 414 valence electrons. The number of carbonyl (C=O) groups is 4. The van der Waals surface area contributed by atoms with E-state index < -0.39 is 93.3 Å². The Morgan fingerprint density at radius 3 is 1.53 bits per heavy atom. The number of rotatable bonds is 9. The van der Waals surface area contributed by atoms with Gasteiger partial charge in [-0.25, -0.2) is 18.8 Å². The second-order valence-electron chi connectivity index (χ2n) is 24.6. The highest BCUT2D eigenvalue weighted by atomic mass is 19.1. The minimum atomic E-state index is -1.47. The molecule has 6 heterocycles. The number of halogens is 2. The van der Waals surface area contributed by atoms with Crippen LogP contribution in [0.4, 0.5) is 8.78 Å². The number of hydrogen-bond acceptors (Lipinski definition) is 14. The van der Waals surface area contributed by atoms with Crippen molar-refractivity contribution in [2.45, 2.75) is 178 Å². The molecule has 0 bridgehead atoms. The third-order valence-electron chi connectivity index (χ3n) is 16.0. The van der Waals surface area contributed by atoms with Crippen LogP contribution in [0.2, 0.25) is 0 Å². The molecule has 6 aliphatic rings. The zero-order valence-electron chi connectivity index (χ0n) is 45.5. The highest BCUT2D eigenvalue weighted by Crippen LogP contribution is 2.50. The van der Waals surface area contributed by atoms with E-state index in [2.05, 4.69) is 20.6 Å². The maximum Gasteiger partial charge on any atom is 0.251 e. The molecule has 0 saturated carbocycles. The zero-order chi connectivity index (χ0) is 56.4. The molecule has 0 aromatic heterocycles. The summed E-state index contributed by atoms with van der Waals surface area (Å²) in [6, 6.07) is 13.8. The van der Waals surface area contributed by atoms with Gasteiger partial charge < -0.3 is 51.3 Å². The van der Waals surface area contributed by atoms with Crippen LogP contribution in [0.3, 0.4) is 0 Å². The number of benzene rings is 4. The van der Waals surface area contributed by atoms with Crippen LogP contribution in [-0.2, 0) is 9.59 Å². The lowest BCUT2D eigenvalue weighted by Gasteiger charge is -2.48. The predicted molar refractivity (Wildman–Crippen MR) is 284 cm³/mol. The Balaban J connectivity index is 0.932. The number of nitrogens with one attached hydrogen (secondary N) is 2. The van der Waals surface area contributed by atoms with E-state index in [-0.39, 0.29) is 83.8 Å². The largest absolute Gasteiger partial charge is 0.487 e. The van der Waals surface area contributed by atoms with Gasteiger partial charge in [-0.15, -0.1) is 0 Å². The number of aliphatic imine (C=N–C) groups is 2. The van der Waals surface area contributed by atoms with Crippen molar-refractivity contribution >= 4 is 35.5 Å². The molecule has 18 nitrogen and oxygen atoms in total. The Morgan fingerprint density at radius 1 is 0.590 bits per heavy atom. The van der Waals surface area contributed by atoms with Gasteiger partial charge in [0.05, 0.1) is 48.1 Å². The fourth-order valence-corrected chi connectivity index (χ4v) is 12.0. The lowest BCUT2D eigenvalue weighted by Crippen LogP contribution is -2.57. The van der Waals surface area contributed by atoms with Crippen LogP contribution in [0.1, 0.15) is 175 Å². The van der Waals surface area contributed by atoms with Crippen molar-refractivity contribution in [3.63, 3.8) is 0 Å². The molecule has 4 aromatic carbocycles. The minimum absolute atomic E-state index is 0.0225. The molecule has 4 aromatic rings. The summed E-state index contributed by atoms with van der Waals surface area (Å²) in [4.78, 5) is 68.8. The van der Waals surface area contributed by atoms with Gasteiger partial charge in [-0.1, -0.05) is 0 Å². The first-order chi connectivity index (χ1) is 36.3. The molecule has 78 heavy (non-hydrogen) atoms. The number of aliphatic hydroxyl groups is 2. The summed E-state index contributed by atoms with van der Waals surface area (Å²) >= 11 is 0. The topological polar surface area (TPSA) is 253 Å². The maximum absolute atomic E-state index is 15.1. The first-order valence-electron chi connectivity index (χ1n) is 26.3. The van der Waals surface area contributed by atoms with Gasteiger partial charge in [0.25, 0.3) is 11.8 Å². The molecule has 0 aliphatic carbocycles. The summed E-state index contributed by atoms with van der Waals surface area (Å²) in [6.07, 6.45) is -1.81. The molecular weight excluding hydrogens is 1010 g/mol. The van der Waals surface area contributed by atoms with E-state index in [9.17, 15) is 33.8 Å². The van der Waals surface area contributed by atoms with Crippen molar-refractivity contribution in [2.24, 2.45) is 21.5 Å². The van der Waals surface area contributed by atoms with Gasteiger partial charge in [0.2, 0.25) is 11.8 Å². The Morgan fingerprint density at radius 2 is 1.03 bits per heavy atom. The van der Waals surface area contributed by atoms with Crippen LogP contribution in [0.5, 0.6) is 23.0 Å². The second kappa shape index (κ2) is 18.7. The number of aliphatic hydroxyl groups excluding tert-OH is 2. The number of amides is 4. The maximum atomic E-state index is 15.1. The van der Waals surface area contributed by atoms with Crippen molar-refractivity contribution in [1.29, 1.82) is 0 Å². The number of fused-ring (bicyclic) bond motifs is 4. The number of nitrogens with two attached hydrogens (primary N) is 2. The van der Waals surface area contributed by atoms with E-state index in [1.807, 2.05) is 34.6 Å². The Kier molecular flexibility index (Phi) is 12.9. The summed E-state index contributed by atoms with van der Waals surface area (Å²) in [5.74, 6) is -1.52. The van der Waals surface area contributed by atoms with Gasteiger partial charge in [-0.2, -0.15) is 0 Å². The van der Waals surface area contributed by atoms with Crippen LogP contribution >= 0.6 is 0 Å². The summed E-state index contributed by atoms with van der Waals surface area (Å²) < 4.78 is 55.4. The van der Waals surface area contributed by atoms with Crippen molar-refractivity contribution < 1.29 is 57.1 Å². The molecule has 2 unspecified atom stereocenters. The van der Waals surface area contributed by atoms with Crippen LogP contribution < -0.4 is 41.0 Å². The second-order valence-corrected chi connectivity index (χ2v) is 24.6. The van der Waals surface area contributed by atoms with Crippen LogP contribution in [-0.4, -0.2) is 101 Å². The Labute approximate surface area is 451 Å². The van der Waals surface area contributed by atoms with Gasteiger partial charge in [0.1, 0.15) is 69.2 Å². The molecule has 10 rings (SSSR count). The highest BCUT2D eigenvalue weighted by Gasteiger charge is 2.52. The number of nitrogens with zero attached hydrogens (tertiary/aromatic N) is 4. The van der Waals surface area contributed by atoms with Crippen LogP contribution in [0.15, 0.2) is 82.8 Å². The Bertz CT molecular complexity index is 3230. The number of guanidine groups is 2. The molecule has 0 fully saturated rings. The molecule has 0 radical (unpaired) electrons.